The lowest BCUT2D eigenvalue weighted by molar-refractivity contribution is -0.138. The van der Waals surface area contributed by atoms with Gasteiger partial charge in [0.05, 0.1) is 23.6 Å². The summed E-state index contributed by atoms with van der Waals surface area (Å²) in [6.07, 6.45) is -4.76. The number of carbonyl (C=O) groups is 1. The summed E-state index contributed by atoms with van der Waals surface area (Å²) in [6.45, 7) is 3.60. The first-order chi connectivity index (χ1) is 9.65. The molecular weight excluding hydrogens is 285 g/mol. The molecule has 0 bridgehead atoms. The van der Waals surface area contributed by atoms with Gasteiger partial charge in [0.2, 0.25) is 0 Å². The largest absolute Gasteiger partial charge is 0.481 e. The van der Waals surface area contributed by atoms with Crippen molar-refractivity contribution in [3.05, 3.63) is 29.3 Å². The monoisotopic (exact) mass is 300 g/mol. The highest BCUT2D eigenvalue weighted by Crippen LogP contribution is 2.33. The lowest BCUT2D eigenvalue weighted by Gasteiger charge is -2.22. The fraction of sp³-hybridized carbons (Fsp3) is 0.429. The van der Waals surface area contributed by atoms with Crippen molar-refractivity contribution in [2.24, 2.45) is 5.92 Å². The summed E-state index contributed by atoms with van der Waals surface area (Å²) >= 11 is 0. The van der Waals surface area contributed by atoms with Gasteiger partial charge in [-0.25, -0.2) is 0 Å². The van der Waals surface area contributed by atoms with Crippen molar-refractivity contribution in [3.8, 4) is 6.07 Å². The summed E-state index contributed by atoms with van der Waals surface area (Å²) < 4.78 is 38.0. The van der Waals surface area contributed by atoms with Gasteiger partial charge in [0.25, 0.3) is 0 Å². The number of nitrogens with zero attached hydrogens (tertiary/aromatic N) is 1. The van der Waals surface area contributed by atoms with Crippen molar-refractivity contribution in [2.45, 2.75) is 32.5 Å². The first-order valence-corrected chi connectivity index (χ1v) is 6.24. The highest BCUT2D eigenvalue weighted by Gasteiger charge is 2.33. The van der Waals surface area contributed by atoms with Crippen LogP contribution >= 0.6 is 0 Å². The number of anilines is 1. The number of aliphatic carboxylic acids is 1. The highest BCUT2D eigenvalue weighted by atomic mass is 19.4. The molecule has 0 aliphatic carbocycles. The van der Waals surface area contributed by atoms with Crippen LogP contribution in [-0.2, 0) is 11.0 Å². The third kappa shape index (κ3) is 4.67. The number of nitrogens with one attached hydrogen (secondary N) is 1. The topological polar surface area (TPSA) is 73.1 Å². The second kappa shape index (κ2) is 6.48. The number of hydrogen-bond donors (Lipinski definition) is 2. The first-order valence-electron chi connectivity index (χ1n) is 6.24. The molecule has 2 N–H and O–H groups in total. The van der Waals surface area contributed by atoms with E-state index < -0.39 is 29.3 Å². The van der Waals surface area contributed by atoms with Gasteiger partial charge in [-0.3, -0.25) is 4.79 Å². The summed E-state index contributed by atoms with van der Waals surface area (Å²) in [5.41, 5.74) is -1.21. The van der Waals surface area contributed by atoms with Gasteiger partial charge in [0.15, 0.2) is 0 Å². The number of carboxylic acid groups (broad SMARTS) is 1. The zero-order chi connectivity index (χ0) is 16.2. The summed E-state index contributed by atoms with van der Waals surface area (Å²) in [6, 6.07) is 4.17. The maximum absolute atomic E-state index is 12.7. The van der Waals surface area contributed by atoms with Crippen LogP contribution in [0.5, 0.6) is 0 Å². The Morgan fingerprint density at radius 1 is 1.43 bits per heavy atom. The van der Waals surface area contributed by atoms with Crippen LogP contribution in [0.4, 0.5) is 18.9 Å². The predicted octanol–water partition coefficient (Wildman–Crippen LogP) is 3.49. The van der Waals surface area contributed by atoms with Crippen LogP contribution in [0.15, 0.2) is 18.2 Å². The molecule has 4 nitrogen and oxygen atoms in total. The molecule has 114 valence electrons. The minimum absolute atomic E-state index is 0.0334. The van der Waals surface area contributed by atoms with Crippen LogP contribution in [0.25, 0.3) is 0 Å². The number of benzene rings is 1. The van der Waals surface area contributed by atoms with Crippen molar-refractivity contribution in [3.63, 3.8) is 0 Å². The van der Waals surface area contributed by atoms with E-state index in [1.165, 1.54) is 12.1 Å². The maximum Gasteiger partial charge on any atom is 0.417 e. The third-order valence-corrected chi connectivity index (χ3v) is 3.00. The molecule has 1 unspecified atom stereocenters. The van der Waals surface area contributed by atoms with E-state index in [-0.39, 0.29) is 12.3 Å². The molecule has 0 aromatic heterocycles. The molecule has 0 radical (unpaired) electrons. The molecule has 0 heterocycles. The molecule has 1 aromatic carbocycles. The minimum atomic E-state index is -4.60. The van der Waals surface area contributed by atoms with Crippen molar-refractivity contribution in [1.29, 1.82) is 5.26 Å². The Balaban J connectivity index is 3.05. The SMILES string of the molecule is CC(C)C(CC(=O)O)Nc1ccc(C(F)(F)F)c(C#N)c1. The molecular formula is C14H15F3N2O2. The molecule has 1 rings (SSSR count). The van der Waals surface area contributed by atoms with Crippen LogP contribution in [-0.4, -0.2) is 17.1 Å². The van der Waals surface area contributed by atoms with E-state index in [4.69, 9.17) is 10.4 Å². The molecule has 1 aromatic rings. The Labute approximate surface area is 120 Å². The zero-order valence-electron chi connectivity index (χ0n) is 11.5. The molecule has 1 atom stereocenters. The summed E-state index contributed by atoms with van der Waals surface area (Å²) in [4.78, 5) is 10.8. The number of halogens is 3. The van der Waals surface area contributed by atoms with Crippen LogP contribution < -0.4 is 5.32 Å². The molecule has 0 aliphatic rings. The fourth-order valence-corrected chi connectivity index (χ4v) is 1.83. The molecule has 0 saturated carbocycles. The number of hydrogen-bond acceptors (Lipinski definition) is 3. The summed E-state index contributed by atoms with van der Waals surface area (Å²) in [7, 11) is 0. The first kappa shape index (κ1) is 16.8. The lowest BCUT2D eigenvalue weighted by Crippen LogP contribution is -2.28. The Morgan fingerprint density at radius 2 is 2.05 bits per heavy atom. The molecule has 0 fully saturated rings. The van der Waals surface area contributed by atoms with E-state index in [0.717, 1.165) is 12.1 Å². The quantitative estimate of drug-likeness (QED) is 0.873. The lowest BCUT2D eigenvalue weighted by atomic mass is 10.00. The van der Waals surface area contributed by atoms with Gasteiger partial charge in [-0.2, -0.15) is 18.4 Å². The van der Waals surface area contributed by atoms with Crippen LogP contribution in [0, 0.1) is 17.2 Å². The van der Waals surface area contributed by atoms with Gasteiger partial charge in [-0.15, -0.1) is 0 Å². The molecule has 0 spiro atoms. The van der Waals surface area contributed by atoms with Crippen molar-refractivity contribution < 1.29 is 23.1 Å². The Hall–Kier alpha value is -2.23. The van der Waals surface area contributed by atoms with Gasteiger partial charge in [-0.1, -0.05) is 13.8 Å². The molecule has 0 saturated heterocycles. The third-order valence-electron chi connectivity index (χ3n) is 3.00. The standard InChI is InChI=1S/C14H15F3N2O2/c1-8(2)12(6-13(20)21)19-10-3-4-11(14(15,16)17)9(5-10)7-18/h3-5,8,12,19H,6H2,1-2H3,(H,20,21). The predicted molar refractivity (Wildman–Crippen MR) is 70.7 cm³/mol. The number of alkyl halides is 3. The van der Waals surface area contributed by atoms with Crippen molar-refractivity contribution in [1.82, 2.24) is 0 Å². The molecule has 0 amide bonds. The second-order valence-electron chi connectivity index (χ2n) is 4.96. The average molecular weight is 300 g/mol. The van der Waals surface area contributed by atoms with Crippen LogP contribution in [0.3, 0.4) is 0 Å². The zero-order valence-corrected chi connectivity index (χ0v) is 11.5. The molecule has 7 heteroatoms. The van der Waals surface area contributed by atoms with E-state index in [2.05, 4.69) is 5.32 Å². The van der Waals surface area contributed by atoms with Gasteiger partial charge in [0, 0.05) is 11.7 Å². The van der Waals surface area contributed by atoms with E-state index in [1.807, 2.05) is 0 Å². The normalized spacial score (nSPS) is 12.8. The fourth-order valence-electron chi connectivity index (χ4n) is 1.83. The minimum Gasteiger partial charge on any atom is -0.481 e. The smallest absolute Gasteiger partial charge is 0.417 e. The van der Waals surface area contributed by atoms with Crippen molar-refractivity contribution in [2.75, 3.05) is 5.32 Å². The Kier molecular flexibility index (Phi) is 5.19. The second-order valence-corrected chi connectivity index (χ2v) is 4.96. The van der Waals surface area contributed by atoms with Gasteiger partial charge < -0.3 is 10.4 Å². The van der Waals surface area contributed by atoms with E-state index in [1.54, 1.807) is 13.8 Å². The van der Waals surface area contributed by atoms with Gasteiger partial charge in [0.1, 0.15) is 0 Å². The summed E-state index contributed by atoms with van der Waals surface area (Å²) in [5, 5.41) is 20.5. The number of rotatable bonds is 5. The summed E-state index contributed by atoms with van der Waals surface area (Å²) in [5.74, 6) is -1.04. The maximum atomic E-state index is 12.7. The molecule has 0 aliphatic heterocycles. The van der Waals surface area contributed by atoms with Gasteiger partial charge in [-0.05, 0) is 24.1 Å². The Bertz CT molecular complexity index is 562. The number of carboxylic acids is 1. The van der Waals surface area contributed by atoms with Crippen LogP contribution in [0.1, 0.15) is 31.4 Å². The van der Waals surface area contributed by atoms with E-state index >= 15 is 0 Å². The average Bonchev–Trinajstić information content (AvgIpc) is 2.35. The highest BCUT2D eigenvalue weighted by molar-refractivity contribution is 5.68. The Morgan fingerprint density at radius 3 is 2.48 bits per heavy atom. The van der Waals surface area contributed by atoms with E-state index in [0.29, 0.717) is 5.69 Å². The molecule has 21 heavy (non-hydrogen) atoms. The van der Waals surface area contributed by atoms with Crippen LogP contribution in [0.2, 0.25) is 0 Å². The van der Waals surface area contributed by atoms with E-state index in [9.17, 15) is 18.0 Å². The van der Waals surface area contributed by atoms with Gasteiger partial charge >= 0.3 is 12.1 Å². The van der Waals surface area contributed by atoms with Crippen molar-refractivity contribution >= 4 is 11.7 Å². The number of nitriles is 1.